The van der Waals surface area contributed by atoms with E-state index in [0.29, 0.717) is 24.0 Å². The minimum absolute atomic E-state index is 0.0663. The van der Waals surface area contributed by atoms with Gasteiger partial charge in [0.15, 0.2) is 5.65 Å². The second-order valence-corrected chi connectivity index (χ2v) is 4.89. The topological polar surface area (TPSA) is 89.4 Å². The molecule has 7 heteroatoms. The van der Waals surface area contributed by atoms with Gasteiger partial charge in [-0.15, -0.1) is 5.10 Å². The van der Waals surface area contributed by atoms with Crippen molar-refractivity contribution < 1.29 is 0 Å². The molecule has 1 aliphatic rings. The van der Waals surface area contributed by atoms with Crippen LogP contribution in [0.3, 0.4) is 0 Å². The van der Waals surface area contributed by atoms with E-state index in [0.717, 1.165) is 12.8 Å². The Bertz CT molecular complexity index is 702. The number of aromatic nitrogens is 5. The average molecular weight is 244 g/mol. The van der Waals surface area contributed by atoms with Crippen LogP contribution in [-0.2, 0) is 13.6 Å². The fraction of sp³-hybridized carbons (Fsp3) is 0.545. The SMILES string of the molecule is Cn1ncc2c(=O)n(CC3(CC#N)CC3)nnc21. The molecule has 7 nitrogen and oxygen atoms in total. The van der Waals surface area contributed by atoms with Gasteiger partial charge in [0.2, 0.25) is 0 Å². The van der Waals surface area contributed by atoms with Gasteiger partial charge in [-0.3, -0.25) is 4.79 Å². The monoisotopic (exact) mass is 244 g/mol. The Hall–Kier alpha value is -2.23. The number of hydrogen-bond donors (Lipinski definition) is 0. The molecule has 2 aromatic heterocycles. The van der Waals surface area contributed by atoms with Crippen molar-refractivity contribution >= 4 is 11.0 Å². The largest absolute Gasteiger partial charge is 0.280 e. The van der Waals surface area contributed by atoms with Gasteiger partial charge in [-0.25, -0.2) is 9.36 Å². The van der Waals surface area contributed by atoms with Crippen LogP contribution in [-0.4, -0.2) is 24.8 Å². The first-order valence-corrected chi connectivity index (χ1v) is 5.78. The Morgan fingerprint density at radius 3 is 3.00 bits per heavy atom. The highest BCUT2D eigenvalue weighted by atomic mass is 16.1. The summed E-state index contributed by atoms with van der Waals surface area (Å²) in [5.74, 6) is 0. The lowest BCUT2D eigenvalue weighted by atomic mass is 10.0. The van der Waals surface area contributed by atoms with E-state index in [4.69, 9.17) is 5.26 Å². The molecule has 1 saturated carbocycles. The summed E-state index contributed by atoms with van der Waals surface area (Å²) in [4.78, 5) is 12.2. The molecule has 0 N–H and O–H groups in total. The van der Waals surface area contributed by atoms with Crippen molar-refractivity contribution in [2.75, 3.05) is 0 Å². The normalized spacial score (nSPS) is 16.7. The predicted octanol–water partition coefficient (Wildman–Crippen LogP) is 0.219. The summed E-state index contributed by atoms with van der Waals surface area (Å²) >= 11 is 0. The van der Waals surface area contributed by atoms with E-state index in [9.17, 15) is 4.79 Å². The molecule has 2 heterocycles. The Morgan fingerprint density at radius 1 is 1.56 bits per heavy atom. The van der Waals surface area contributed by atoms with Gasteiger partial charge in [-0.2, -0.15) is 10.4 Å². The maximum Gasteiger partial charge on any atom is 0.280 e. The Morgan fingerprint density at radius 2 is 2.33 bits per heavy atom. The van der Waals surface area contributed by atoms with Gasteiger partial charge in [-0.1, -0.05) is 5.21 Å². The van der Waals surface area contributed by atoms with Crippen LogP contribution >= 0.6 is 0 Å². The molecule has 1 fully saturated rings. The van der Waals surface area contributed by atoms with Crippen molar-refractivity contribution in [3.63, 3.8) is 0 Å². The minimum atomic E-state index is -0.183. The summed E-state index contributed by atoms with van der Waals surface area (Å²) in [6, 6.07) is 2.17. The quantitative estimate of drug-likeness (QED) is 0.770. The van der Waals surface area contributed by atoms with Gasteiger partial charge in [0, 0.05) is 18.9 Å². The molecule has 0 radical (unpaired) electrons. The van der Waals surface area contributed by atoms with Crippen molar-refractivity contribution in [1.82, 2.24) is 24.8 Å². The summed E-state index contributed by atoms with van der Waals surface area (Å²) in [6.07, 6.45) is 3.92. The van der Waals surface area contributed by atoms with Crippen LogP contribution in [0.1, 0.15) is 19.3 Å². The first-order chi connectivity index (χ1) is 8.65. The molecule has 0 saturated heterocycles. The van der Waals surface area contributed by atoms with Gasteiger partial charge in [0.05, 0.1) is 18.8 Å². The lowest BCUT2D eigenvalue weighted by Crippen LogP contribution is -2.28. The number of aryl methyl sites for hydroxylation is 1. The van der Waals surface area contributed by atoms with Crippen molar-refractivity contribution in [3.8, 4) is 6.07 Å². The van der Waals surface area contributed by atoms with E-state index < -0.39 is 0 Å². The van der Waals surface area contributed by atoms with Crippen molar-refractivity contribution in [2.45, 2.75) is 25.8 Å². The molecule has 0 atom stereocenters. The highest BCUT2D eigenvalue weighted by Crippen LogP contribution is 2.49. The van der Waals surface area contributed by atoms with E-state index in [1.165, 1.54) is 15.6 Å². The molecule has 92 valence electrons. The predicted molar refractivity (Wildman–Crippen MR) is 62.5 cm³/mol. The third kappa shape index (κ3) is 1.57. The van der Waals surface area contributed by atoms with Crippen LogP contribution in [0.4, 0.5) is 0 Å². The zero-order valence-electron chi connectivity index (χ0n) is 10.00. The fourth-order valence-corrected chi connectivity index (χ4v) is 2.13. The smallest absolute Gasteiger partial charge is 0.267 e. The first-order valence-electron chi connectivity index (χ1n) is 5.78. The van der Waals surface area contributed by atoms with Gasteiger partial charge >= 0.3 is 0 Å². The van der Waals surface area contributed by atoms with Crippen molar-refractivity contribution in [2.24, 2.45) is 12.5 Å². The Labute approximate surface area is 103 Å². The van der Waals surface area contributed by atoms with E-state index in [-0.39, 0.29) is 11.0 Å². The lowest BCUT2D eigenvalue weighted by Gasteiger charge is -2.10. The van der Waals surface area contributed by atoms with Crippen LogP contribution < -0.4 is 5.56 Å². The fourth-order valence-electron chi connectivity index (χ4n) is 2.13. The standard InChI is InChI=1S/C11H12N6O/c1-16-9-8(6-13-16)10(18)17(15-14-9)7-11(2-3-11)4-5-12/h6H,2-4,7H2,1H3. The molecule has 0 aliphatic heterocycles. The highest BCUT2D eigenvalue weighted by Gasteiger charge is 2.43. The Balaban J connectivity index is 2.01. The van der Waals surface area contributed by atoms with Crippen molar-refractivity contribution in [3.05, 3.63) is 16.6 Å². The highest BCUT2D eigenvalue weighted by molar-refractivity contribution is 5.72. The summed E-state index contributed by atoms with van der Waals surface area (Å²) < 4.78 is 2.88. The van der Waals surface area contributed by atoms with E-state index in [1.54, 1.807) is 7.05 Å². The summed E-state index contributed by atoms with van der Waals surface area (Å²) in [5, 5.41) is 21.2. The molecular formula is C11H12N6O. The van der Waals surface area contributed by atoms with Crippen molar-refractivity contribution in [1.29, 1.82) is 5.26 Å². The molecule has 3 rings (SSSR count). The maximum absolute atomic E-state index is 12.2. The number of hydrogen-bond acceptors (Lipinski definition) is 5. The third-order valence-corrected chi connectivity index (χ3v) is 3.52. The van der Waals surface area contributed by atoms with E-state index >= 15 is 0 Å². The second kappa shape index (κ2) is 3.63. The molecule has 1 aliphatic carbocycles. The van der Waals surface area contributed by atoms with Crippen LogP contribution in [0, 0.1) is 16.7 Å². The number of nitriles is 1. The summed E-state index contributed by atoms with van der Waals surface area (Å²) in [6.45, 7) is 0.469. The molecule has 0 amide bonds. The number of nitrogens with zero attached hydrogens (tertiary/aromatic N) is 6. The van der Waals surface area contributed by atoms with Crippen LogP contribution in [0.25, 0.3) is 11.0 Å². The second-order valence-electron chi connectivity index (χ2n) is 4.89. The van der Waals surface area contributed by atoms with Gasteiger partial charge in [-0.05, 0) is 12.8 Å². The average Bonchev–Trinajstić information content (AvgIpc) is 2.99. The van der Waals surface area contributed by atoms with Gasteiger partial charge in [0.25, 0.3) is 5.56 Å². The number of rotatable bonds is 3. The summed E-state index contributed by atoms with van der Waals surface area (Å²) in [5.41, 5.74) is 0.238. The molecule has 18 heavy (non-hydrogen) atoms. The van der Waals surface area contributed by atoms with E-state index in [2.05, 4.69) is 21.5 Å². The van der Waals surface area contributed by atoms with E-state index in [1.807, 2.05) is 0 Å². The maximum atomic E-state index is 12.2. The molecule has 0 bridgehead atoms. The van der Waals surface area contributed by atoms with Crippen LogP contribution in [0.2, 0.25) is 0 Å². The Kier molecular flexibility index (Phi) is 2.20. The third-order valence-electron chi connectivity index (χ3n) is 3.52. The number of fused-ring (bicyclic) bond motifs is 1. The molecule has 0 unspecified atom stereocenters. The zero-order chi connectivity index (χ0) is 12.8. The summed E-state index contributed by atoms with van der Waals surface area (Å²) in [7, 11) is 1.72. The van der Waals surface area contributed by atoms with Crippen LogP contribution in [0.15, 0.2) is 11.0 Å². The van der Waals surface area contributed by atoms with Crippen LogP contribution in [0.5, 0.6) is 0 Å². The molecule has 0 spiro atoms. The molecular weight excluding hydrogens is 232 g/mol. The lowest BCUT2D eigenvalue weighted by molar-refractivity contribution is 0.382. The zero-order valence-corrected chi connectivity index (χ0v) is 10.00. The molecule has 2 aromatic rings. The minimum Gasteiger partial charge on any atom is -0.267 e. The van der Waals surface area contributed by atoms with Gasteiger partial charge < -0.3 is 0 Å². The van der Waals surface area contributed by atoms with Gasteiger partial charge in [0.1, 0.15) is 5.39 Å². The molecule has 0 aromatic carbocycles. The first kappa shape index (κ1) is 10.9.